The predicted octanol–water partition coefficient (Wildman–Crippen LogP) is 2.93. The Morgan fingerprint density at radius 1 is 1.15 bits per heavy atom. The molecule has 0 saturated carbocycles. The third-order valence-corrected chi connectivity index (χ3v) is 3.79. The van der Waals surface area contributed by atoms with E-state index in [1.807, 2.05) is 25.9 Å². The summed E-state index contributed by atoms with van der Waals surface area (Å²) in [4.78, 5) is 1.83. The van der Waals surface area contributed by atoms with Gasteiger partial charge in [0.15, 0.2) is 0 Å². The first kappa shape index (κ1) is 22.1. The standard InChI is InChI=1S/C9H21NO.C7H17NO/c1-4-8(3)6-7-9(10,11)5-2;1-4-5-6-7(9)8(2)3/h8,11H,4-7,10H2,1-3H3;7,9H,4-6H2,1-3H3. The molecular weight excluding hydrogens is 252 g/mol. The Balaban J connectivity index is 0. The van der Waals surface area contributed by atoms with Crippen molar-refractivity contribution in [3.8, 4) is 0 Å². The van der Waals surface area contributed by atoms with E-state index in [-0.39, 0.29) is 6.23 Å². The van der Waals surface area contributed by atoms with Gasteiger partial charge in [-0.25, -0.2) is 0 Å². The Bertz CT molecular complexity index is 209. The maximum Gasteiger partial charge on any atom is 0.113 e. The van der Waals surface area contributed by atoms with Crippen LogP contribution in [-0.2, 0) is 0 Å². The Morgan fingerprint density at radius 2 is 1.70 bits per heavy atom. The summed E-state index contributed by atoms with van der Waals surface area (Å²) in [6.07, 6.45) is 6.47. The topological polar surface area (TPSA) is 69.7 Å². The number of hydrogen-bond acceptors (Lipinski definition) is 4. The minimum atomic E-state index is -0.927. The van der Waals surface area contributed by atoms with Crippen LogP contribution in [0.25, 0.3) is 0 Å². The summed E-state index contributed by atoms with van der Waals surface area (Å²) < 4.78 is 0. The number of nitrogens with two attached hydrogens (primary N) is 1. The van der Waals surface area contributed by atoms with Crippen molar-refractivity contribution in [3.05, 3.63) is 0 Å². The number of rotatable bonds is 9. The van der Waals surface area contributed by atoms with Crippen LogP contribution >= 0.6 is 0 Å². The van der Waals surface area contributed by atoms with Crippen LogP contribution in [0, 0.1) is 5.92 Å². The lowest BCUT2D eigenvalue weighted by atomic mass is 9.96. The fraction of sp³-hybridized carbons (Fsp3) is 1.00. The molecule has 124 valence electrons. The third kappa shape index (κ3) is 14.3. The molecule has 4 N–H and O–H groups in total. The van der Waals surface area contributed by atoms with Crippen molar-refractivity contribution in [3.63, 3.8) is 0 Å². The van der Waals surface area contributed by atoms with Gasteiger partial charge in [-0.15, -0.1) is 0 Å². The van der Waals surface area contributed by atoms with Crippen LogP contribution in [0.2, 0.25) is 0 Å². The molecule has 4 heteroatoms. The average Bonchev–Trinajstić information content (AvgIpc) is 2.42. The quantitative estimate of drug-likeness (QED) is 0.571. The van der Waals surface area contributed by atoms with E-state index in [2.05, 4.69) is 20.8 Å². The SMILES string of the molecule is CCC(C)CCC(N)(O)CC.CCCCC(O)N(C)C. The van der Waals surface area contributed by atoms with Crippen molar-refractivity contribution >= 4 is 0 Å². The first-order valence-electron chi connectivity index (χ1n) is 8.05. The number of aliphatic hydroxyl groups is 2. The molecule has 0 aliphatic heterocycles. The molecule has 0 fully saturated rings. The number of unbranched alkanes of at least 4 members (excludes halogenated alkanes) is 1. The van der Waals surface area contributed by atoms with E-state index in [9.17, 15) is 10.2 Å². The van der Waals surface area contributed by atoms with Crippen molar-refractivity contribution < 1.29 is 10.2 Å². The Morgan fingerprint density at radius 3 is 2.05 bits per heavy atom. The Labute approximate surface area is 126 Å². The molecule has 0 aliphatic rings. The molecular formula is C16H38N2O2. The van der Waals surface area contributed by atoms with E-state index in [0.717, 1.165) is 32.1 Å². The molecule has 0 radical (unpaired) electrons. The maximum absolute atomic E-state index is 9.45. The lowest BCUT2D eigenvalue weighted by Gasteiger charge is -2.22. The van der Waals surface area contributed by atoms with Crippen molar-refractivity contribution in [2.45, 2.75) is 84.6 Å². The summed E-state index contributed by atoms with van der Waals surface area (Å²) in [5, 5.41) is 18.6. The lowest BCUT2D eigenvalue weighted by Crippen LogP contribution is -2.38. The second-order valence-electron chi connectivity index (χ2n) is 6.10. The van der Waals surface area contributed by atoms with Crippen LogP contribution in [-0.4, -0.2) is 41.2 Å². The van der Waals surface area contributed by atoms with Gasteiger partial charge in [-0.3, -0.25) is 4.90 Å². The summed E-state index contributed by atoms with van der Waals surface area (Å²) >= 11 is 0. The molecule has 0 rings (SSSR count). The van der Waals surface area contributed by atoms with Crippen LogP contribution < -0.4 is 5.73 Å². The number of nitrogens with zero attached hydrogens (tertiary/aromatic N) is 1. The lowest BCUT2D eigenvalue weighted by molar-refractivity contribution is 0.0281. The molecule has 20 heavy (non-hydrogen) atoms. The monoisotopic (exact) mass is 290 g/mol. The van der Waals surface area contributed by atoms with Crippen molar-refractivity contribution in [1.29, 1.82) is 0 Å². The fourth-order valence-electron chi connectivity index (χ4n) is 1.52. The van der Waals surface area contributed by atoms with Gasteiger partial charge in [-0.1, -0.05) is 40.5 Å². The largest absolute Gasteiger partial charge is 0.378 e. The molecule has 0 spiro atoms. The molecule has 0 amide bonds. The van der Waals surface area contributed by atoms with Crippen molar-refractivity contribution in [2.24, 2.45) is 11.7 Å². The average molecular weight is 290 g/mol. The molecule has 0 saturated heterocycles. The van der Waals surface area contributed by atoms with Gasteiger partial charge in [-0.05, 0) is 52.1 Å². The minimum absolute atomic E-state index is 0.245. The normalized spacial score (nSPS) is 17.1. The van der Waals surface area contributed by atoms with Gasteiger partial charge in [-0.2, -0.15) is 0 Å². The minimum Gasteiger partial charge on any atom is -0.378 e. The summed E-state index contributed by atoms with van der Waals surface area (Å²) in [6, 6.07) is 0. The number of hydrogen-bond donors (Lipinski definition) is 3. The van der Waals surface area contributed by atoms with Gasteiger partial charge >= 0.3 is 0 Å². The predicted molar refractivity (Wildman–Crippen MR) is 87.3 cm³/mol. The van der Waals surface area contributed by atoms with Crippen molar-refractivity contribution in [1.82, 2.24) is 4.90 Å². The van der Waals surface area contributed by atoms with Crippen LogP contribution in [0.3, 0.4) is 0 Å². The molecule has 0 heterocycles. The van der Waals surface area contributed by atoms with E-state index in [0.29, 0.717) is 12.3 Å². The van der Waals surface area contributed by atoms with Crippen LogP contribution in [0.15, 0.2) is 0 Å². The molecule has 0 aromatic rings. The van der Waals surface area contributed by atoms with E-state index in [1.165, 1.54) is 6.42 Å². The van der Waals surface area contributed by atoms with E-state index < -0.39 is 5.72 Å². The van der Waals surface area contributed by atoms with E-state index in [1.54, 1.807) is 0 Å². The van der Waals surface area contributed by atoms with Crippen LogP contribution in [0.4, 0.5) is 0 Å². The highest BCUT2D eigenvalue weighted by Gasteiger charge is 2.18. The fourth-order valence-corrected chi connectivity index (χ4v) is 1.52. The van der Waals surface area contributed by atoms with Crippen molar-refractivity contribution in [2.75, 3.05) is 14.1 Å². The Kier molecular flexibility index (Phi) is 13.9. The molecule has 3 unspecified atom stereocenters. The highest BCUT2D eigenvalue weighted by atomic mass is 16.3. The maximum atomic E-state index is 9.45. The molecule has 0 aromatic carbocycles. The molecule has 0 aliphatic carbocycles. The summed E-state index contributed by atoms with van der Waals surface area (Å²) in [6.45, 7) is 8.39. The molecule has 0 bridgehead atoms. The van der Waals surface area contributed by atoms with Crippen LogP contribution in [0.5, 0.6) is 0 Å². The first-order valence-corrected chi connectivity index (χ1v) is 8.05. The zero-order valence-electron chi connectivity index (χ0n) is 14.5. The Hall–Kier alpha value is -0.160. The van der Waals surface area contributed by atoms with E-state index >= 15 is 0 Å². The summed E-state index contributed by atoms with van der Waals surface area (Å²) in [5.74, 6) is 0.677. The zero-order valence-corrected chi connectivity index (χ0v) is 14.5. The molecule has 0 aromatic heterocycles. The smallest absolute Gasteiger partial charge is 0.113 e. The molecule has 4 nitrogen and oxygen atoms in total. The van der Waals surface area contributed by atoms with E-state index in [4.69, 9.17) is 5.73 Å². The van der Waals surface area contributed by atoms with Gasteiger partial charge in [0, 0.05) is 0 Å². The van der Waals surface area contributed by atoms with Gasteiger partial charge in [0.25, 0.3) is 0 Å². The molecule has 3 atom stereocenters. The highest BCUT2D eigenvalue weighted by Crippen LogP contribution is 2.16. The van der Waals surface area contributed by atoms with Gasteiger partial charge in [0.05, 0.1) is 0 Å². The highest BCUT2D eigenvalue weighted by molar-refractivity contribution is 4.69. The van der Waals surface area contributed by atoms with Gasteiger partial charge in [0.2, 0.25) is 0 Å². The second kappa shape index (κ2) is 12.6. The second-order valence-corrected chi connectivity index (χ2v) is 6.10. The van der Waals surface area contributed by atoms with Crippen LogP contribution in [0.1, 0.15) is 72.6 Å². The van der Waals surface area contributed by atoms with Gasteiger partial charge in [0.1, 0.15) is 12.0 Å². The summed E-state index contributed by atoms with van der Waals surface area (Å²) in [5.41, 5.74) is 4.65. The summed E-state index contributed by atoms with van der Waals surface area (Å²) in [7, 11) is 3.78. The first-order chi connectivity index (χ1) is 9.20. The zero-order chi connectivity index (χ0) is 16.2. The third-order valence-electron chi connectivity index (χ3n) is 3.79. The van der Waals surface area contributed by atoms with Gasteiger partial charge < -0.3 is 15.9 Å². The number of aliphatic hydroxyl groups excluding tert-OH is 1.